The van der Waals surface area contributed by atoms with Gasteiger partial charge in [0.05, 0.1) is 0 Å². The van der Waals surface area contributed by atoms with E-state index in [1.807, 2.05) is 0 Å². The maximum Gasteiger partial charge on any atom is 0.161 e. The van der Waals surface area contributed by atoms with Crippen molar-refractivity contribution in [3.8, 4) is 11.3 Å². The molecule has 3 aromatic carbocycles. The first kappa shape index (κ1) is 20.1. The second-order valence-electron chi connectivity index (χ2n) is 8.17. The molecule has 0 radical (unpaired) electrons. The van der Waals surface area contributed by atoms with E-state index in [9.17, 15) is 0 Å². The topological polar surface area (TPSA) is 37.8 Å². The third-order valence-corrected chi connectivity index (χ3v) is 5.75. The van der Waals surface area contributed by atoms with Crippen LogP contribution >= 0.6 is 0 Å². The van der Waals surface area contributed by atoms with Gasteiger partial charge in [0, 0.05) is 22.0 Å². The lowest BCUT2D eigenvalue weighted by atomic mass is 9.99. The molecule has 0 aliphatic heterocycles. The van der Waals surface area contributed by atoms with Crippen LogP contribution in [0.25, 0.3) is 22.0 Å². The normalized spacial score (nSPS) is 11.1. The van der Waals surface area contributed by atoms with Crippen LogP contribution in [-0.2, 0) is 6.42 Å². The molecule has 0 aliphatic rings. The summed E-state index contributed by atoms with van der Waals surface area (Å²) >= 11 is 0. The molecule has 0 saturated carbocycles. The molecule has 0 amide bonds. The minimum Gasteiger partial charge on any atom is -0.338 e. The highest BCUT2D eigenvalue weighted by molar-refractivity contribution is 6.01. The predicted molar refractivity (Wildman–Crippen MR) is 128 cm³/mol. The Labute approximate surface area is 179 Å². The average molecular weight is 396 g/mol. The Hall–Kier alpha value is -3.20. The SMILES string of the molecule is CCCCc1ccc(Nc2nnc(-c3ccc(C)cc3)c3cc(C)c(C)cc23)cc1. The van der Waals surface area contributed by atoms with Gasteiger partial charge >= 0.3 is 0 Å². The van der Waals surface area contributed by atoms with Crippen molar-refractivity contribution in [1.82, 2.24) is 10.2 Å². The second kappa shape index (κ2) is 8.66. The smallest absolute Gasteiger partial charge is 0.161 e. The zero-order valence-corrected chi connectivity index (χ0v) is 18.3. The Kier molecular flexibility index (Phi) is 5.80. The Bertz CT molecular complexity index is 1160. The number of unbranched alkanes of at least 4 members (excludes halogenated alkanes) is 1. The van der Waals surface area contributed by atoms with Crippen LogP contribution in [-0.4, -0.2) is 10.2 Å². The molecule has 3 nitrogen and oxygen atoms in total. The van der Waals surface area contributed by atoms with Crippen LogP contribution in [0.15, 0.2) is 60.7 Å². The van der Waals surface area contributed by atoms with Crippen LogP contribution in [0, 0.1) is 20.8 Å². The molecule has 1 aromatic heterocycles. The fourth-order valence-corrected chi connectivity index (χ4v) is 3.71. The number of hydrogen-bond acceptors (Lipinski definition) is 3. The Morgan fingerprint density at radius 3 is 2.10 bits per heavy atom. The first-order chi connectivity index (χ1) is 14.5. The van der Waals surface area contributed by atoms with Crippen LogP contribution in [0.5, 0.6) is 0 Å². The third-order valence-electron chi connectivity index (χ3n) is 5.75. The molecule has 4 rings (SSSR count). The predicted octanol–water partition coefficient (Wildman–Crippen LogP) is 7.31. The quantitative estimate of drug-likeness (QED) is 0.372. The molecule has 4 aromatic rings. The van der Waals surface area contributed by atoms with E-state index in [0.29, 0.717) is 0 Å². The largest absolute Gasteiger partial charge is 0.338 e. The molecular weight excluding hydrogens is 366 g/mol. The van der Waals surface area contributed by atoms with Crippen LogP contribution in [0.2, 0.25) is 0 Å². The van der Waals surface area contributed by atoms with Crippen LogP contribution in [0.4, 0.5) is 11.5 Å². The standard InChI is InChI=1S/C27H29N3/c1-5-6-7-21-10-14-23(15-11-21)28-27-25-17-20(4)19(3)16-24(25)26(29-30-27)22-12-8-18(2)9-13-22/h8-17H,5-7H2,1-4H3,(H,28,30). The number of hydrogen-bond donors (Lipinski definition) is 1. The second-order valence-corrected chi connectivity index (χ2v) is 8.17. The fourth-order valence-electron chi connectivity index (χ4n) is 3.71. The van der Waals surface area contributed by atoms with E-state index in [0.717, 1.165) is 40.0 Å². The molecule has 0 unspecified atom stereocenters. The zero-order chi connectivity index (χ0) is 21.1. The van der Waals surface area contributed by atoms with E-state index in [1.165, 1.54) is 35.1 Å². The molecule has 0 atom stereocenters. The number of nitrogens with zero attached hydrogens (tertiary/aromatic N) is 2. The molecule has 0 bridgehead atoms. The van der Waals surface area contributed by atoms with Crippen molar-refractivity contribution in [2.75, 3.05) is 5.32 Å². The zero-order valence-electron chi connectivity index (χ0n) is 18.3. The summed E-state index contributed by atoms with van der Waals surface area (Å²) in [7, 11) is 0. The Balaban J connectivity index is 1.75. The van der Waals surface area contributed by atoms with E-state index < -0.39 is 0 Å². The summed E-state index contributed by atoms with van der Waals surface area (Å²) < 4.78 is 0. The summed E-state index contributed by atoms with van der Waals surface area (Å²) in [6.45, 7) is 8.62. The summed E-state index contributed by atoms with van der Waals surface area (Å²) in [4.78, 5) is 0. The van der Waals surface area contributed by atoms with Crippen molar-refractivity contribution in [2.45, 2.75) is 47.0 Å². The number of benzene rings is 3. The van der Waals surface area contributed by atoms with E-state index in [-0.39, 0.29) is 0 Å². The number of rotatable bonds is 6. The van der Waals surface area contributed by atoms with E-state index in [2.05, 4.69) is 104 Å². The van der Waals surface area contributed by atoms with Gasteiger partial charge in [0.25, 0.3) is 0 Å². The summed E-state index contributed by atoms with van der Waals surface area (Å²) in [5, 5.41) is 14.9. The van der Waals surface area contributed by atoms with E-state index >= 15 is 0 Å². The van der Waals surface area contributed by atoms with Gasteiger partial charge in [-0.1, -0.05) is 55.3 Å². The lowest BCUT2D eigenvalue weighted by Gasteiger charge is -2.14. The highest BCUT2D eigenvalue weighted by atomic mass is 15.2. The Morgan fingerprint density at radius 1 is 0.767 bits per heavy atom. The molecule has 0 spiro atoms. The van der Waals surface area contributed by atoms with Gasteiger partial charge < -0.3 is 5.32 Å². The van der Waals surface area contributed by atoms with Gasteiger partial charge in [-0.25, -0.2) is 0 Å². The fraction of sp³-hybridized carbons (Fsp3) is 0.259. The minimum absolute atomic E-state index is 0.797. The van der Waals surface area contributed by atoms with E-state index in [1.54, 1.807) is 0 Å². The number of aromatic nitrogens is 2. The molecule has 1 N–H and O–H groups in total. The summed E-state index contributed by atoms with van der Waals surface area (Å²) in [5.41, 5.74) is 8.18. The number of fused-ring (bicyclic) bond motifs is 1. The van der Waals surface area contributed by atoms with Gasteiger partial charge in [0.2, 0.25) is 0 Å². The molecular formula is C27H29N3. The Morgan fingerprint density at radius 2 is 1.43 bits per heavy atom. The van der Waals surface area contributed by atoms with E-state index in [4.69, 9.17) is 0 Å². The van der Waals surface area contributed by atoms with Crippen molar-refractivity contribution in [1.29, 1.82) is 0 Å². The molecule has 0 aliphatic carbocycles. The number of aryl methyl sites for hydroxylation is 4. The maximum atomic E-state index is 4.62. The van der Waals surface area contributed by atoms with Crippen molar-refractivity contribution in [3.63, 3.8) is 0 Å². The average Bonchev–Trinajstić information content (AvgIpc) is 2.75. The molecule has 0 fully saturated rings. The van der Waals surface area contributed by atoms with Gasteiger partial charge in [-0.2, -0.15) is 0 Å². The number of anilines is 2. The van der Waals surface area contributed by atoms with Crippen LogP contribution in [0.1, 0.15) is 42.0 Å². The van der Waals surface area contributed by atoms with Crippen molar-refractivity contribution >= 4 is 22.3 Å². The molecule has 3 heteroatoms. The van der Waals surface area contributed by atoms with Gasteiger partial charge in [0.15, 0.2) is 5.82 Å². The summed E-state index contributed by atoms with van der Waals surface area (Å²) in [6, 6.07) is 21.6. The summed E-state index contributed by atoms with van der Waals surface area (Å²) in [6.07, 6.45) is 3.57. The molecule has 1 heterocycles. The van der Waals surface area contributed by atoms with Gasteiger partial charge in [-0.3, -0.25) is 0 Å². The van der Waals surface area contributed by atoms with Crippen LogP contribution < -0.4 is 5.32 Å². The molecule has 0 saturated heterocycles. The molecule has 30 heavy (non-hydrogen) atoms. The van der Waals surface area contributed by atoms with Crippen molar-refractivity contribution in [3.05, 3.63) is 82.9 Å². The lowest BCUT2D eigenvalue weighted by molar-refractivity contribution is 0.795. The maximum absolute atomic E-state index is 4.62. The summed E-state index contributed by atoms with van der Waals surface area (Å²) in [5.74, 6) is 0.797. The van der Waals surface area contributed by atoms with Gasteiger partial charge in [0.1, 0.15) is 5.69 Å². The third kappa shape index (κ3) is 4.20. The van der Waals surface area contributed by atoms with Gasteiger partial charge in [-0.05, 0) is 74.6 Å². The van der Waals surface area contributed by atoms with Crippen molar-refractivity contribution < 1.29 is 0 Å². The molecule has 152 valence electrons. The number of nitrogens with one attached hydrogen (secondary N) is 1. The minimum atomic E-state index is 0.797. The highest BCUT2D eigenvalue weighted by Gasteiger charge is 2.13. The van der Waals surface area contributed by atoms with Crippen LogP contribution in [0.3, 0.4) is 0 Å². The van der Waals surface area contributed by atoms with Crippen molar-refractivity contribution in [2.24, 2.45) is 0 Å². The first-order valence-electron chi connectivity index (χ1n) is 10.8. The highest BCUT2D eigenvalue weighted by Crippen LogP contribution is 2.33. The first-order valence-corrected chi connectivity index (χ1v) is 10.8. The lowest BCUT2D eigenvalue weighted by Crippen LogP contribution is -2.00. The monoisotopic (exact) mass is 395 g/mol. The van der Waals surface area contributed by atoms with Gasteiger partial charge in [-0.15, -0.1) is 10.2 Å².